The van der Waals surface area contributed by atoms with Crippen LogP contribution in [0.15, 0.2) is 24.3 Å². The Hall–Kier alpha value is -2.45. The number of amides is 2. The van der Waals surface area contributed by atoms with Gasteiger partial charge in [0, 0.05) is 18.8 Å². The second-order valence-electron chi connectivity index (χ2n) is 4.78. The molecule has 1 aromatic rings. The van der Waals surface area contributed by atoms with E-state index in [0.717, 1.165) is 17.0 Å². The Balaban J connectivity index is 1.91. The number of nitrogens with zero attached hydrogens (tertiary/aromatic N) is 1. The van der Waals surface area contributed by atoms with E-state index in [1.165, 1.54) is 12.1 Å². The zero-order valence-electron chi connectivity index (χ0n) is 11.3. The summed E-state index contributed by atoms with van der Waals surface area (Å²) in [6.07, 6.45) is -5.44. The van der Waals surface area contributed by atoms with Gasteiger partial charge < -0.3 is 20.1 Å². The molecule has 1 saturated heterocycles. The van der Waals surface area contributed by atoms with Crippen LogP contribution in [0.25, 0.3) is 0 Å². The fraction of sp³-hybridized carbons (Fsp3) is 0.385. The molecule has 2 rings (SSSR count). The normalized spacial score (nSPS) is 18.1. The topological polar surface area (TPSA) is 78.9 Å². The molecule has 0 aliphatic carbocycles. The van der Waals surface area contributed by atoms with Crippen LogP contribution in [0.2, 0.25) is 0 Å². The van der Waals surface area contributed by atoms with Gasteiger partial charge in [-0.1, -0.05) is 0 Å². The lowest BCUT2D eigenvalue weighted by molar-refractivity contribution is -0.274. The predicted octanol–water partition coefficient (Wildman–Crippen LogP) is 2.52. The van der Waals surface area contributed by atoms with Crippen LogP contribution in [-0.2, 0) is 4.79 Å². The van der Waals surface area contributed by atoms with Gasteiger partial charge in [-0.05, 0) is 30.7 Å². The average Bonchev–Trinajstić information content (AvgIpc) is 2.89. The van der Waals surface area contributed by atoms with Gasteiger partial charge in [0.2, 0.25) is 5.91 Å². The maximum absolute atomic E-state index is 12.0. The van der Waals surface area contributed by atoms with Gasteiger partial charge in [0.1, 0.15) is 5.75 Å². The van der Waals surface area contributed by atoms with Gasteiger partial charge in [-0.15, -0.1) is 13.2 Å². The van der Waals surface area contributed by atoms with Gasteiger partial charge in [-0.2, -0.15) is 0 Å². The third-order valence-electron chi connectivity index (χ3n) is 3.18. The first-order chi connectivity index (χ1) is 10.2. The van der Waals surface area contributed by atoms with Gasteiger partial charge in [-0.3, -0.25) is 4.79 Å². The summed E-state index contributed by atoms with van der Waals surface area (Å²) in [4.78, 5) is 23.9. The predicted molar refractivity (Wildman–Crippen MR) is 69.5 cm³/mol. The molecule has 22 heavy (non-hydrogen) atoms. The highest BCUT2D eigenvalue weighted by atomic mass is 19.4. The minimum Gasteiger partial charge on any atom is -0.465 e. The number of ether oxygens (including phenoxy) is 1. The molecule has 2 N–H and O–H groups in total. The number of nitrogens with one attached hydrogen (secondary N) is 1. The molecule has 6 nitrogen and oxygen atoms in total. The average molecular weight is 318 g/mol. The van der Waals surface area contributed by atoms with Crippen LogP contribution >= 0.6 is 0 Å². The standard InChI is InChI=1S/C13H13F3N2O4/c14-13(15,16)22-10-3-1-9(2-4-10)17-11(19)8-5-6-18(7-8)12(20)21/h1-4,8H,5-7H2,(H,17,19)(H,20,21)/t8-/m0/s1. The molecule has 1 aromatic carbocycles. The van der Waals surface area contributed by atoms with Crippen molar-refractivity contribution in [2.45, 2.75) is 12.8 Å². The molecule has 0 aromatic heterocycles. The van der Waals surface area contributed by atoms with Crippen molar-refractivity contribution in [2.24, 2.45) is 5.92 Å². The molecule has 1 heterocycles. The van der Waals surface area contributed by atoms with Crippen LogP contribution in [0.3, 0.4) is 0 Å². The monoisotopic (exact) mass is 318 g/mol. The Bertz CT molecular complexity index is 559. The lowest BCUT2D eigenvalue weighted by Gasteiger charge is -2.13. The molecule has 2 amide bonds. The SMILES string of the molecule is O=C(Nc1ccc(OC(F)(F)F)cc1)[C@H]1CCN(C(=O)O)C1. The smallest absolute Gasteiger partial charge is 0.465 e. The quantitative estimate of drug-likeness (QED) is 0.897. The Kier molecular flexibility index (Phi) is 4.43. The summed E-state index contributed by atoms with van der Waals surface area (Å²) in [5.74, 6) is -1.22. The first kappa shape index (κ1) is 15.9. The van der Waals surface area contributed by atoms with Crippen molar-refractivity contribution < 1.29 is 32.6 Å². The fourth-order valence-corrected chi connectivity index (χ4v) is 2.13. The highest BCUT2D eigenvalue weighted by Gasteiger charge is 2.32. The summed E-state index contributed by atoms with van der Waals surface area (Å²) < 4.78 is 39.8. The fourth-order valence-electron chi connectivity index (χ4n) is 2.13. The highest BCUT2D eigenvalue weighted by molar-refractivity contribution is 5.93. The maximum Gasteiger partial charge on any atom is 0.573 e. The molecule has 1 atom stereocenters. The van der Waals surface area contributed by atoms with E-state index in [1.807, 2.05) is 0 Å². The number of rotatable bonds is 3. The Labute approximate surface area is 123 Å². The van der Waals surface area contributed by atoms with Gasteiger partial charge in [0.15, 0.2) is 0 Å². The number of hydrogen-bond acceptors (Lipinski definition) is 3. The molecule has 1 aliphatic rings. The summed E-state index contributed by atoms with van der Waals surface area (Å²) in [5, 5.41) is 11.4. The van der Waals surface area contributed by atoms with Crippen molar-refractivity contribution in [1.82, 2.24) is 4.90 Å². The Morgan fingerprint density at radius 2 is 1.91 bits per heavy atom. The van der Waals surface area contributed by atoms with Crippen molar-refractivity contribution in [1.29, 1.82) is 0 Å². The summed E-state index contributed by atoms with van der Waals surface area (Å²) >= 11 is 0. The first-order valence-corrected chi connectivity index (χ1v) is 6.39. The van der Waals surface area contributed by atoms with E-state index in [0.29, 0.717) is 12.1 Å². The number of hydrogen-bond donors (Lipinski definition) is 2. The van der Waals surface area contributed by atoms with Gasteiger partial charge in [-0.25, -0.2) is 4.79 Å². The van der Waals surface area contributed by atoms with E-state index in [4.69, 9.17) is 5.11 Å². The van der Waals surface area contributed by atoms with Crippen molar-refractivity contribution in [3.63, 3.8) is 0 Å². The van der Waals surface area contributed by atoms with Crippen molar-refractivity contribution in [2.75, 3.05) is 18.4 Å². The van der Waals surface area contributed by atoms with Crippen molar-refractivity contribution in [3.05, 3.63) is 24.3 Å². The summed E-state index contributed by atoms with van der Waals surface area (Å²) in [6, 6.07) is 4.73. The molecule has 1 aliphatic heterocycles. The number of likely N-dealkylation sites (tertiary alicyclic amines) is 1. The molecule has 120 valence electrons. The largest absolute Gasteiger partial charge is 0.573 e. The van der Waals surface area contributed by atoms with E-state index < -0.39 is 18.4 Å². The Morgan fingerprint density at radius 3 is 2.41 bits per heavy atom. The van der Waals surface area contributed by atoms with E-state index in [-0.39, 0.29) is 24.7 Å². The van der Waals surface area contributed by atoms with E-state index >= 15 is 0 Å². The van der Waals surface area contributed by atoms with Crippen LogP contribution in [0.5, 0.6) is 5.75 Å². The number of carbonyl (C=O) groups is 2. The van der Waals surface area contributed by atoms with Crippen LogP contribution in [0.1, 0.15) is 6.42 Å². The molecular weight excluding hydrogens is 305 g/mol. The molecule has 0 radical (unpaired) electrons. The van der Waals surface area contributed by atoms with E-state index in [1.54, 1.807) is 0 Å². The third-order valence-corrected chi connectivity index (χ3v) is 3.18. The lowest BCUT2D eigenvalue weighted by atomic mass is 10.1. The zero-order valence-corrected chi connectivity index (χ0v) is 11.3. The molecule has 0 unspecified atom stereocenters. The minimum absolute atomic E-state index is 0.108. The van der Waals surface area contributed by atoms with Gasteiger partial charge >= 0.3 is 12.5 Å². The number of carboxylic acid groups (broad SMARTS) is 1. The molecule has 9 heteroatoms. The summed E-state index contributed by atoms with van der Waals surface area (Å²) in [5.41, 5.74) is 0.313. The molecule has 0 saturated carbocycles. The van der Waals surface area contributed by atoms with Gasteiger partial charge in [0.25, 0.3) is 0 Å². The number of benzene rings is 1. The van der Waals surface area contributed by atoms with Crippen molar-refractivity contribution in [3.8, 4) is 5.75 Å². The molecular formula is C13H13F3N2O4. The Morgan fingerprint density at radius 1 is 1.27 bits per heavy atom. The third kappa shape index (κ3) is 4.27. The number of alkyl halides is 3. The number of anilines is 1. The molecule has 0 bridgehead atoms. The summed E-state index contributed by atoms with van der Waals surface area (Å²) in [7, 11) is 0. The second kappa shape index (κ2) is 6.12. The zero-order chi connectivity index (χ0) is 16.3. The van der Waals surface area contributed by atoms with Crippen molar-refractivity contribution >= 4 is 17.7 Å². The molecule has 1 fully saturated rings. The highest BCUT2D eigenvalue weighted by Crippen LogP contribution is 2.24. The molecule has 0 spiro atoms. The van der Waals surface area contributed by atoms with Crippen LogP contribution < -0.4 is 10.1 Å². The van der Waals surface area contributed by atoms with Gasteiger partial charge in [0.05, 0.1) is 5.92 Å². The lowest BCUT2D eigenvalue weighted by Crippen LogP contribution is -2.30. The van der Waals surface area contributed by atoms with Crippen LogP contribution in [-0.4, -0.2) is 41.5 Å². The maximum atomic E-state index is 12.0. The first-order valence-electron chi connectivity index (χ1n) is 6.39. The van der Waals surface area contributed by atoms with Crippen LogP contribution in [0.4, 0.5) is 23.7 Å². The second-order valence-corrected chi connectivity index (χ2v) is 4.78. The van der Waals surface area contributed by atoms with Crippen LogP contribution in [0, 0.1) is 5.92 Å². The number of carbonyl (C=O) groups excluding carboxylic acids is 1. The van der Waals surface area contributed by atoms with E-state index in [2.05, 4.69) is 10.1 Å². The number of halogens is 3. The van der Waals surface area contributed by atoms with E-state index in [9.17, 15) is 22.8 Å². The minimum atomic E-state index is -4.77. The summed E-state index contributed by atoms with van der Waals surface area (Å²) in [6.45, 7) is 0.391.